The van der Waals surface area contributed by atoms with Crippen LogP contribution in [0.15, 0.2) is 18.2 Å². The summed E-state index contributed by atoms with van der Waals surface area (Å²) >= 11 is 0. The van der Waals surface area contributed by atoms with Crippen molar-refractivity contribution in [3.05, 3.63) is 35.1 Å². The van der Waals surface area contributed by atoms with E-state index in [1.807, 2.05) is 6.07 Å². The third kappa shape index (κ3) is 1.77. The molecule has 0 fully saturated rings. The molecule has 0 radical (unpaired) electrons. The van der Waals surface area contributed by atoms with E-state index in [9.17, 15) is 4.39 Å². The summed E-state index contributed by atoms with van der Waals surface area (Å²) in [6.45, 7) is 5.85. The van der Waals surface area contributed by atoms with Gasteiger partial charge in [0, 0.05) is 24.1 Å². The van der Waals surface area contributed by atoms with Gasteiger partial charge in [-0.05, 0) is 11.6 Å². The lowest BCUT2D eigenvalue weighted by Gasteiger charge is -2.33. The first-order chi connectivity index (χ1) is 6.11. The number of fused-ring (bicyclic) bond motifs is 1. The van der Waals surface area contributed by atoms with Crippen molar-refractivity contribution in [3.63, 3.8) is 0 Å². The van der Waals surface area contributed by atoms with E-state index in [-0.39, 0.29) is 23.6 Å². The highest BCUT2D eigenvalue weighted by Gasteiger charge is 2.28. The monoisotopic (exact) mass is 215 g/mol. The van der Waals surface area contributed by atoms with Crippen LogP contribution in [0.25, 0.3) is 0 Å². The molecule has 1 aromatic rings. The average Bonchev–Trinajstić information content (AvgIpc) is 2.06. The molecule has 3 heteroatoms. The topological polar surface area (TPSA) is 12.0 Å². The highest BCUT2D eigenvalue weighted by atomic mass is 35.5. The van der Waals surface area contributed by atoms with Gasteiger partial charge >= 0.3 is 0 Å². The zero-order valence-electron chi connectivity index (χ0n) is 8.43. The molecule has 1 nitrogen and oxygen atoms in total. The molecule has 0 aliphatic carbocycles. The first kappa shape index (κ1) is 11.5. The molecule has 0 spiro atoms. The number of nitrogens with one attached hydrogen (secondary N) is 1. The van der Waals surface area contributed by atoms with Crippen LogP contribution in [0.3, 0.4) is 0 Å². The van der Waals surface area contributed by atoms with Crippen molar-refractivity contribution in [1.82, 2.24) is 5.32 Å². The summed E-state index contributed by atoms with van der Waals surface area (Å²) in [5, 5.41) is 3.23. The molecule has 1 aliphatic heterocycles. The lowest BCUT2D eigenvalue weighted by molar-refractivity contribution is 0.422. The molecule has 1 aromatic carbocycles. The molecule has 0 saturated carbocycles. The molecule has 0 atom stereocenters. The fourth-order valence-electron chi connectivity index (χ4n) is 1.97. The molecule has 0 amide bonds. The maximum atomic E-state index is 13.4. The van der Waals surface area contributed by atoms with E-state index in [0.29, 0.717) is 6.54 Å². The zero-order chi connectivity index (χ0) is 9.47. The molecule has 0 aromatic heterocycles. The maximum Gasteiger partial charge on any atom is 0.127 e. The standard InChI is InChI=1S/C11H14FN.ClH/c1-11(2)7-13-6-8-9(11)4-3-5-10(8)12;/h3-5,13H,6-7H2,1-2H3;1H. The fraction of sp³-hybridized carbons (Fsp3) is 0.455. The molecule has 0 saturated heterocycles. The number of hydrogen-bond donors (Lipinski definition) is 1. The number of hydrogen-bond acceptors (Lipinski definition) is 1. The maximum absolute atomic E-state index is 13.4. The summed E-state index contributed by atoms with van der Waals surface area (Å²) in [7, 11) is 0. The van der Waals surface area contributed by atoms with Crippen LogP contribution in [0.5, 0.6) is 0 Å². The van der Waals surface area contributed by atoms with Crippen LogP contribution in [-0.4, -0.2) is 6.54 Å². The first-order valence-electron chi connectivity index (χ1n) is 4.60. The van der Waals surface area contributed by atoms with E-state index < -0.39 is 0 Å². The van der Waals surface area contributed by atoms with Crippen molar-refractivity contribution in [2.45, 2.75) is 25.8 Å². The van der Waals surface area contributed by atoms with Crippen LogP contribution >= 0.6 is 12.4 Å². The minimum atomic E-state index is -0.0854. The second-order valence-electron chi connectivity index (χ2n) is 4.25. The number of halogens is 2. The molecule has 0 bridgehead atoms. The van der Waals surface area contributed by atoms with Gasteiger partial charge in [-0.25, -0.2) is 4.39 Å². The quantitative estimate of drug-likeness (QED) is 0.702. The Morgan fingerprint density at radius 3 is 2.71 bits per heavy atom. The molecule has 2 rings (SSSR count). The minimum Gasteiger partial charge on any atom is -0.312 e. The van der Waals surface area contributed by atoms with Crippen molar-refractivity contribution < 1.29 is 4.39 Å². The largest absolute Gasteiger partial charge is 0.312 e. The fourth-order valence-corrected chi connectivity index (χ4v) is 1.97. The first-order valence-corrected chi connectivity index (χ1v) is 4.60. The van der Waals surface area contributed by atoms with Gasteiger partial charge in [-0.3, -0.25) is 0 Å². The summed E-state index contributed by atoms with van der Waals surface area (Å²) in [5.74, 6) is -0.0854. The Morgan fingerprint density at radius 1 is 1.36 bits per heavy atom. The second-order valence-corrected chi connectivity index (χ2v) is 4.25. The van der Waals surface area contributed by atoms with Gasteiger partial charge in [0.1, 0.15) is 5.82 Å². The Balaban J connectivity index is 0.000000980. The minimum absolute atomic E-state index is 0. The van der Waals surface area contributed by atoms with Crippen LogP contribution in [-0.2, 0) is 12.0 Å². The Morgan fingerprint density at radius 2 is 2.07 bits per heavy atom. The summed E-state index contributed by atoms with van der Waals surface area (Å²) in [6, 6.07) is 5.35. The van der Waals surface area contributed by atoms with Crippen molar-refractivity contribution >= 4 is 12.4 Å². The summed E-state index contributed by atoms with van der Waals surface area (Å²) in [5.41, 5.74) is 2.03. The molecule has 0 unspecified atom stereocenters. The summed E-state index contributed by atoms with van der Waals surface area (Å²) < 4.78 is 13.4. The van der Waals surface area contributed by atoms with Gasteiger partial charge in [-0.1, -0.05) is 26.0 Å². The highest BCUT2D eigenvalue weighted by Crippen LogP contribution is 2.30. The SMILES string of the molecule is CC1(C)CNCc2c(F)cccc21.Cl. The number of benzene rings is 1. The van der Waals surface area contributed by atoms with Crippen LogP contribution in [0.1, 0.15) is 25.0 Å². The molecule has 1 N–H and O–H groups in total. The van der Waals surface area contributed by atoms with Crippen molar-refractivity contribution in [2.24, 2.45) is 0 Å². The van der Waals surface area contributed by atoms with Crippen molar-refractivity contribution in [1.29, 1.82) is 0 Å². The lowest BCUT2D eigenvalue weighted by Crippen LogP contribution is -2.39. The smallest absolute Gasteiger partial charge is 0.127 e. The molecule has 1 heterocycles. The van der Waals surface area contributed by atoms with E-state index in [4.69, 9.17) is 0 Å². The van der Waals surface area contributed by atoms with Crippen LogP contribution in [0, 0.1) is 5.82 Å². The third-order valence-corrected chi connectivity index (χ3v) is 2.72. The van der Waals surface area contributed by atoms with Gasteiger partial charge in [0.15, 0.2) is 0 Å². The Bertz CT molecular complexity index is 336. The molecule has 1 aliphatic rings. The van der Waals surface area contributed by atoms with Crippen molar-refractivity contribution in [3.8, 4) is 0 Å². The molecule has 14 heavy (non-hydrogen) atoms. The van der Waals surface area contributed by atoms with E-state index >= 15 is 0 Å². The third-order valence-electron chi connectivity index (χ3n) is 2.72. The predicted octanol–water partition coefficient (Wildman–Crippen LogP) is 2.63. The molecular weight excluding hydrogens is 201 g/mol. The van der Waals surface area contributed by atoms with E-state index in [0.717, 1.165) is 17.7 Å². The normalized spacial score (nSPS) is 18.2. The van der Waals surface area contributed by atoms with Gasteiger partial charge in [0.25, 0.3) is 0 Å². The van der Waals surface area contributed by atoms with Gasteiger partial charge in [-0.2, -0.15) is 0 Å². The second kappa shape index (κ2) is 3.87. The molecule has 78 valence electrons. The van der Waals surface area contributed by atoms with Gasteiger partial charge in [-0.15, -0.1) is 12.4 Å². The Kier molecular flexibility index (Phi) is 3.17. The highest BCUT2D eigenvalue weighted by molar-refractivity contribution is 5.85. The van der Waals surface area contributed by atoms with E-state index in [1.165, 1.54) is 6.07 Å². The van der Waals surface area contributed by atoms with E-state index in [2.05, 4.69) is 19.2 Å². The Hall–Kier alpha value is -0.600. The zero-order valence-corrected chi connectivity index (χ0v) is 9.25. The average molecular weight is 216 g/mol. The van der Waals surface area contributed by atoms with Crippen LogP contribution in [0.2, 0.25) is 0 Å². The lowest BCUT2D eigenvalue weighted by atomic mass is 9.79. The predicted molar refractivity (Wildman–Crippen MR) is 58.4 cm³/mol. The van der Waals surface area contributed by atoms with Crippen LogP contribution < -0.4 is 5.32 Å². The Labute approximate surface area is 90.1 Å². The van der Waals surface area contributed by atoms with Gasteiger partial charge in [0.05, 0.1) is 0 Å². The van der Waals surface area contributed by atoms with E-state index in [1.54, 1.807) is 6.07 Å². The van der Waals surface area contributed by atoms with Crippen molar-refractivity contribution in [2.75, 3.05) is 6.54 Å². The summed E-state index contributed by atoms with van der Waals surface area (Å²) in [4.78, 5) is 0. The molecular formula is C11H15ClFN. The van der Waals surface area contributed by atoms with Gasteiger partial charge < -0.3 is 5.32 Å². The number of rotatable bonds is 0. The van der Waals surface area contributed by atoms with Gasteiger partial charge in [0.2, 0.25) is 0 Å². The van der Waals surface area contributed by atoms with Crippen LogP contribution in [0.4, 0.5) is 4.39 Å². The summed E-state index contributed by atoms with van der Waals surface area (Å²) in [6.07, 6.45) is 0.